The highest BCUT2D eigenvalue weighted by atomic mass is 16.5. The van der Waals surface area contributed by atoms with Gasteiger partial charge in [-0.2, -0.15) is 0 Å². The maximum Gasteiger partial charge on any atom is 0.336 e. The van der Waals surface area contributed by atoms with Crippen LogP contribution >= 0.6 is 0 Å². The van der Waals surface area contributed by atoms with Gasteiger partial charge in [0.05, 0.1) is 0 Å². The molecule has 0 fully saturated rings. The van der Waals surface area contributed by atoms with Gasteiger partial charge in [0.15, 0.2) is 6.73 Å². The molecule has 0 unspecified atom stereocenters. The standard InChI is InChI=1S/C21H21NO3/c1-4-15-10-19(23)25-21-14(3)20-16(9-18(15)21)11-22(12-24-20)17-7-5-13(2)6-8-17/h5-10H,4,11-12H2,1-3H3. The summed E-state index contributed by atoms with van der Waals surface area (Å²) in [4.78, 5) is 14.0. The summed E-state index contributed by atoms with van der Waals surface area (Å²) < 4.78 is 11.5. The Kier molecular flexibility index (Phi) is 3.75. The second-order valence-corrected chi connectivity index (χ2v) is 6.62. The third-order valence-corrected chi connectivity index (χ3v) is 4.88. The van der Waals surface area contributed by atoms with Crippen LogP contribution in [0.4, 0.5) is 5.69 Å². The molecule has 2 aromatic carbocycles. The summed E-state index contributed by atoms with van der Waals surface area (Å²) in [6, 6.07) is 12.2. The zero-order valence-corrected chi connectivity index (χ0v) is 14.8. The van der Waals surface area contributed by atoms with Crippen LogP contribution in [0.5, 0.6) is 5.75 Å². The zero-order chi connectivity index (χ0) is 17.6. The van der Waals surface area contributed by atoms with E-state index in [0.29, 0.717) is 12.3 Å². The van der Waals surface area contributed by atoms with E-state index in [1.807, 2.05) is 6.92 Å². The first-order chi connectivity index (χ1) is 12.1. The van der Waals surface area contributed by atoms with Crippen molar-refractivity contribution in [1.82, 2.24) is 0 Å². The van der Waals surface area contributed by atoms with Gasteiger partial charge in [0.1, 0.15) is 11.3 Å². The molecule has 0 saturated heterocycles. The summed E-state index contributed by atoms with van der Waals surface area (Å²) in [6.07, 6.45) is 0.795. The summed E-state index contributed by atoms with van der Waals surface area (Å²) in [7, 11) is 0. The van der Waals surface area contributed by atoms with Crippen molar-refractivity contribution in [3.63, 3.8) is 0 Å². The van der Waals surface area contributed by atoms with Gasteiger partial charge in [0.2, 0.25) is 0 Å². The molecule has 0 bridgehead atoms. The maximum atomic E-state index is 11.8. The number of ether oxygens (including phenoxy) is 1. The molecule has 1 aliphatic heterocycles. The molecule has 0 amide bonds. The van der Waals surface area contributed by atoms with Gasteiger partial charge in [-0.3, -0.25) is 0 Å². The quantitative estimate of drug-likeness (QED) is 0.654. The molecule has 3 aromatic rings. The third-order valence-electron chi connectivity index (χ3n) is 4.88. The molecule has 0 N–H and O–H groups in total. The van der Waals surface area contributed by atoms with Gasteiger partial charge in [-0.1, -0.05) is 24.6 Å². The van der Waals surface area contributed by atoms with E-state index in [9.17, 15) is 4.79 Å². The highest BCUT2D eigenvalue weighted by molar-refractivity contribution is 5.86. The number of hydrogen-bond donors (Lipinski definition) is 0. The van der Waals surface area contributed by atoms with Gasteiger partial charge in [-0.15, -0.1) is 0 Å². The minimum atomic E-state index is -0.301. The number of nitrogens with zero attached hydrogens (tertiary/aromatic N) is 1. The normalized spacial score (nSPS) is 13.6. The Balaban J connectivity index is 1.82. The van der Waals surface area contributed by atoms with Crippen LogP contribution in [0.15, 0.2) is 45.6 Å². The lowest BCUT2D eigenvalue weighted by Crippen LogP contribution is -2.32. The lowest BCUT2D eigenvalue weighted by Gasteiger charge is -2.32. The molecule has 1 aromatic heterocycles. The van der Waals surface area contributed by atoms with Crippen molar-refractivity contribution in [2.45, 2.75) is 33.7 Å². The van der Waals surface area contributed by atoms with Crippen LogP contribution in [0.2, 0.25) is 0 Å². The zero-order valence-electron chi connectivity index (χ0n) is 14.8. The average molecular weight is 335 g/mol. The molecule has 0 spiro atoms. The van der Waals surface area contributed by atoms with Crippen molar-refractivity contribution in [1.29, 1.82) is 0 Å². The van der Waals surface area contributed by atoms with Gasteiger partial charge in [-0.25, -0.2) is 4.79 Å². The number of benzene rings is 2. The lowest BCUT2D eigenvalue weighted by molar-refractivity contribution is 0.287. The average Bonchev–Trinajstić information content (AvgIpc) is 2.62. The van der Waals surface area contributed by atoms with Gasteiger partial charge >= 0.3 is 5.63 Å². The molecule has 128 valence electrons. The molecule has 1 aliphatic rings. The molecule has 2 heterocycles. The molecule has 0 radical (unpaired) electrons. The molecular weight excluding hydrogens is 314 g/mol. The van der Waals surface area contributed by atoms with E-state index >= 15 is 0 Å². The minimum absolute atomic E-state index is 0.301. The SMILES string of the molecule is CCc1cc(=O)oc2c(C)c3c(cc12)CN(c1ccc(C)cc1)CO3. The van der Waals surface area contributed by atoms with Gasteiger partial charge in [0, 0.05) is 34.8 Å². The number of rotatable bonds is 2. The van der Waals surface area contributed by atoms with Crippen molar-refractivity contribution in [2.24, 2.45) is 0 Å². The van der Waals surface area contributed by atoms with Crippen LogP contribution in [-0.4, -0.2) is 6.73 Å². The van der Waals surface area contributed by atoms with E-state index in [1.54, 1.807) is 6.07 Å². The predicted octanol–water partition coefficient (Wildman–Crippen LogP) is 4.33. The largest absolute Gasteiger partial charge is 0.472 e. The van der Waals surface area contributed by atoms with Crippen LogP contribution in [0, 0.1) is 13.8 Å². The van der Waals surface area contributed by atoms with Gasteiger partial charge < -0.3 is 14.1 Å². The fourth-order valence-corrected chi connectivity index (χ4v) is 3.50. The fourth-order valence-electron chi connectivity index (χ4n) is 3.50. The monoisotopic (exact) mass is 335 g/mol. The Hall–Kier alpha value is -2.75. The highest BCUT2D eigenvalue weighted by Crippen LogP contribution is 2.36. The third kappa shape index (κ3) is 2.68. The van der Waals surface area contributed by atoms with Crippen LogP contribution in [0.25, 0.3) is 11.0 Å². The van der Waals surface area contributed by atoms with Crippen molar-refractivity contribution < 1.29 is 9.15 Å². The predicted molar refractivity (Wildman–Crippen MR) is 99.5 cm³/mol. The van der Waals surface area contributed by atoms with E-state index in [0.717, 1.165) is 46.5 Å². The molecular formula is C21H21NO3. The van der Waals surface area contributed by atoms with Crippen LogP contribution in [-0.2, 0) is 13.0 Å². The Morgan fingerprint density at radius 3 is 2.60 bits per heavy atom. The van der Waals surface area contributed by atoms with Crippen molar-refractivity contribution >= 4 is 16.7 Å². The molecule has 0 aliphatic carbocycles. The number of aryl methyl sites for hydroxylation is 3. The highest BCUT2D eigenvalue weighted by Gasteiger charge is 2.23. The summed E-state index contributed by atoms with van der Waals surface area (Å²) in [5.74, 6) is 0.840. The maximum absolute atomic E-state index is 11.8. The molecule has 4 heteroatoms. The van der Waals surface area contributed by atoms with E-state index in [4.69, 9.17) is 9.15 Å². The fraction of sp³-hybridized carbons (Fsp3) is 0.286. The number of fused-ring (bicyclic) bond motifs is 2. The summed E-state index contributed by atoms with van der Waals surface area (Å²) in [6.45, 7) is 7.36. The van der Waals surface area contributed by atoms with Gasteiger partial charge in [0.25, 0.3) is 0 Å². The molecule has 0 atom stereocenters. The Morgan fingerprint density at radius 1 is 1.12 bits per heavy atom. The molecule has 4 rings (SSSR count). The minimum Gasteiger partial charge on any atom is -0.472 e. The molecule has 25 heavy (non-hydrogen) atoms. The molecule has 0 saturated carbocycles. The van der Waals surface area contributed by atoms with Crippen molar-refractivity contribution in [2.75, 3.05) is 11.6 Å². The number of anilines is 1. The second-order valence-electron chi connectivity index (χ2n) is 6.62. The summed E-state index contributed by atoms with van der Waals surface area (Å²) in [5.41, 5.74) is 5.78. The van der Waals surface area contributed by atoms with E-state index in [-0.39, 0.29) is 5.63 Å². The summed E-state index contributed by atoms with van der Waals surface area (Å²) in [5, 5.41) is 1.01. The van der Waals surface area contributed by atoms with E-state index < -0.39 is 0 Å². The molecule has 4 nitrogen and oxygen atoms in total. The Labute approximate surface area is 146 Å². The first-order valence-electron chi connectivity index (χ1n) is 8.60. The Morgan fingerprint density at radius 2 is 1.88 bits per heavy atom. The van der Waals surface area contributed by atoms with Crippen LogP contribution in [0.1, 0.15) is 29.2 Å². The van der Waals surface area contributed by atoms with E-state index in [1.165, 1.54) is 5.56 Å². The van der Waals surface area contributed by atoms with E-state index in [2.05, 4.69) is 49.1 Å². The lowest BCUT2D eigenvalue weighted by atomic mass is 9.99. The van der Waals surface area contributed by atoms with Gasteiger partial charge in [-0.05, 0) is 44.0 Å². The Bertz CT molecular complexity index is 1000. The smallest absolute Gasteiger partial charge is 0.336 e. The summed E-state index contributed by atoms with van der Waals surface area (Å²) >= 11 is 0. The first-order valence-corrected chi connectivity index (χ1v) is 8.60. The second kappa shape index (κ2) is 5.96. The van der Waals surface area contributed by atoms with Crippen molar-refractivity contribution in [3.8, 4) is 5.75 Å². The van der Waals surface area contributed by atoms with Crippen LogP contribution < -0.4 is 15.3 Å². The van der Waals surface area contributed by atoms with Crippen LogP contribution in [0.3, 0.4) is 0 Å². The van der Waals surface area contributed by atoms with Crippen molar-refractivity contribution in [3.05, 3.63) is 69.1 Å². The first kappa shape index (κ1) is 15.8. The topological polar surface area (TPSA) is 42.7 Å². The number of hydrogen-bond acceptors (Lipinski definition) is 4.